The summed E-state index contributed by atoms with van der Waals surface area (Å²) in [6, 6.07) is 10.7. The fourth-order valence-corrected chi connectivity index (χ4v) is 4.74. The first-order valence-corrected chi connectivity index (χ1v) is 9.93. The van der Waals surface area contributed by atoms with Gasteiger partial charge in [0, 0.05) is 11.6 Å². The standard InChI is InChI=1S/C18H21NO4S/c1-2-14-5-7-15(8-6-14)18(20)19(12-17-4-3-10-23-17)16-9-11-24(21,22)13-16/h3-8,10,16H,2,9,11-13H2,1H3/t16-/m1/s1. The van der Waals surface area contributed by atoms with Gasteiger partial charge < -0.3 is 9.32 Å². The molecule has 1 aromatic carbocycles. The van der Waals surface area contributed by atoms with E-state index in [0.29, 0.717) is 17.7 Å². The molecule has 6 heteroatoms. The van der Waals surface area contributed by atoms with Gasteiger partial charge in [-0.15, -0.1) is 0 Å². The smallest absolute Gasteiger partial charge is 0.254 e. The van der Waals surface area contributed by atoms with Gasteiger partial charge in [0.15, 0.2) is 9.84 Å². The van der Waals surface area contributed by atoms with Crippen molar-refractivity contribution < 1.29 is 17.6 Å². The van der Waals surface area contributed by atoms with Crippen LogP contribution in [0.5, 0.6) is 0 Å². The van der Waals surface area contributed by atoms with E-state index in [0.717, 1.165) is 12.0 Å². The first kappa shape index (κ1) is 16.8. The van der Waals surface area contributed by atoms with Crippen LogP contribution in [0.1, 0.15) is 35.0 Å². The lowest BCUT2D eigenvalue weighted by molar-refractivity contribution is 0.0666. The predicted molar refractivity (Wildman–Crippen MR) is 91.5 cm³/mol. The van der Waals surface area contributed by atoms with Crippen molar-refractivity contribution in [3.8, 4) is 0 Å². The molecule has 2 heterocycles. The lowest BCUT2D eigenvalue weighted by Crippen LogP contribution is -2.40. The quantitative estimate of drug-likeness (QED) is 0.834. The van der Waals surface area contributed by atoms with E-state index >= 15 is 0 Å². The fraction of sp³-hybridized carbons (Fsp3) is 0.389. The van der Waals surface area contributed by atoms with E-state index in [1.807, 2.05) is 12.1 Å². The number of amides is 1. The van der Waals surface area contributed by atoms with Gasteiger partial charge in [-0.2, -0.15) is 0 Å². The minimum absolute atomic E-state index is 0.0203. The third-order valence-electron chi connectivity index (χ3n) is 4.43. The van der Waals surface area contributed by atoms with Crippen LogP contribution < -0.4 is 0 Å². The van der Waals surface area contributed by atoms with E-state index < -0.39 is 9.84 Å². The molecule has 24 heavy (non-hydrogen) atoms. The minimum atomic E-state index is -3.07. The Morgan fingerprint density at radius 3 is 2.54 bits per heavy atom. The van der Waals surface area contributed by atoms with Crippen molar-refractivity contribution in [3.05, 3.63) is 59.5 Å². The number of rotatable bonds is 5. The topological polar surface area (TPSA) is 67.6 Å². The van der Waals surface area contributed by atoms with Crippen molar-refractivity contribution in [1.82, 2.24) is 4.90 Å². The molecule has 3 rings (SSSR count). The number of aryl methyl sites for hydroxylation is 1. The molecule has 1 amide bonds. The maximum atomic E-state index is 13.0. The van der Waals surface area contributed by atoms with E-state index in [1.54, 1.807) is 35.4 Å². The number of benzene rings is 1. The second-order valence-electron chi connectivity index (χ2n) is 6.12. The average molecular weight is 347 g/mol. The van der Waals surface area contributed by atoms with Crippen molar-refractivity contribution in [3.63, 3.8) is 0 Å². The number of furan rings is 1. The lowest BCUT2D eigenvalue weighted by atomic mass is 10.1. The summed E-state index contributed by atoms with van der Waals surface area (Å²) in [7, 11) is -3.07. The third kappa shape index (κ3) is 3.70. The highest BCUT2D eigenvalue weighted by molar-refractivity contribution is 7.91. The Bertz CT molecular complexity index is 794. The number of sulfone groups is 1. The molecule has 0 radical (unpaired) electrons. The van der Waals surface area contributed by atoms with Crippen LogP contribution in [0.4, 0.5) is 0 Å². The Morgan fingerprint density at radius 2 is 2.00 bits per heavy atom. The third-order valence-corrected chi connectivity index (χ3v) is 6.18. The Kier molecular flexibility index (Phi) is 4.76. The molecule has 1 aliphatic rings. The molecular formula is C18H21NO4S. The molecule has 0 spiro atoms. The first-order valence-electron chi connectivity index (χ1n) is 8.11. The van der Waals surface area contributed by atoms with Gasteiger partial charge in [-0.25, -0.2) is 8.42 Å². The van der Waals surface area contributed by atoms with E-state index in [1.165, 1.54) is 0 Å². The summed E-state index contributed by atoms with van der Waals surface area (Å²) < 4.78 is 29.0. The fourth-order valence-electron chi connectivity index (χ4n) is 3.01. The lowest BCUT2D eigenvalue weighted by Gasteiger charge is -2.27. The Morgan fingerprint density at radius 1 is 1.25 bits per heavy atom. The SMILES string of the molecule is CCc1ccc(C(=O)N(Cc2ccco2)[C@@H]2CCS(=O)(=O)C2)cc1. The zero-order valence-corrected chi connectivity index (χ0v) is 14.5. The van der Waals surface area contributed by atoms with Crippen LogP contribution in [-0.4, -0.2) is 36.8 Å². The summed E-state index contributed by atoms with van der Waals surface area (Å²) in [4.78, 5) is 14.6. The van der Waals surface area contributed by atoms with Crippen molar-refractivity contribution in [2.45, 2.75) is 32.4 Å². The number of hydrogen-bond donors (Lipinski definition) is 0. The maximum Gasteiger partial charge on any atom is 0.254 e. The van der Waals surface area contributed by atoms with Crippen LogP contribution >= 0.6 is 0 Å². The monoisotopic (exact) mass is 347 g/mol. The summed E-state index contributed by atoms with van der Waals surface area (Å²) in [6.45, 7) is 2.34. The normalized spacial score (nSPS) is 19.3. The molecule has 0 N–H and O–H groups in total. The number of nitrogens with zero attached hydrogens (tertiary/aromatic N) is 1. The molecular weight excluding hydrogens is 326 g/mol. The van der Waals surface area contributed by atoms with Gasteiger partial charge in [-0.1, -0.05) is 19.1 Å². The van der Waals surface area contributed by atoms with E-state index in [-0.39, 0.29) is 30.0 Å². The molecule has 2 aromatic rings. The first-order chi connectivity index (χ1) is 11.5. The second-order valence-corrected chi connectivity index (χ2v) is 8.35. The van der Waals surface area contributed by atoms with Gasteiger partial charge in [-0.05, 0) is 42.7 Å². The highest BCUT2D eigenvalue weighted by Gasteiger charge is 2.35. The largest absolute Gasteiger partial charge is 0.467 e. The van der Waals surface area contributed by atoms with Gasteiger partial charge >= 0.3 is 0 Å². The van der Waals surface area contributed by atoms with Crippen molar-refractivity contribution in [1.29, 1.82) is 0 Å². The molecule has 1 saturated heterocycles. The number of carbonyl (C=O) groups excluding carboxylic acids is 1. The zero-order chi connectivity index (χ0) is 17.2. The van der Waals surface area contributed by atoms with Gasteiger partial charge in [0.25, 0.3) is 5.91 Å². The molecule has 0 saturated carbocycles. The molecule has 0 unspecified atom stereocenters. The zero-order valence-electron chi connectivity index (χ0n) is 13.6. The molecule has 5 nitrogen and oxygen atoms in total. The van der Waals surface area contributed by atoms with Crippen LogP contribution in [-0.2, 0) is 22.8 Å². The Balaban J connectivity index is 1.86. The Hall–Kier alpha value is -2.08. The molecule has 1 aromatic heterocycles. The molecule has 1 atom stereocenters. The number of hydrogen-bond acceptors (Lipinski definition) is 4. The molecule has 1 fully saturated rings. The average Bonchev–Trinajstić information content (AvgIpc) is 3.21. The maximum absolute atomic E-state index is 13.0. The van der Waals surface area contributed by atoms with Crippen LogP contribution in [0.3, 0.4) is 0 Å². The summed E-state index contributed by atoms with van der Waals surface area (Å²) >= 11 is 0. The predicted octanol–water partition coefficient (Wildman–Crippen LogP) is 2.67. The molecule has 1 aliphatic heterocycles. The van der Waals surface area contributed by atoms with Gasteiger partial charge in [0.1, 0.15) is 5.76 Å². The summed E-state index contributed by atoms with van der Waals surface area (Å²) in [5.41, 5.74) is 1.73. The van der Waals surface area contributed by atoms with Crippen molar-refractivity contribution >= 4 is 15.7 Å². The van der Waals surface area contributed by atoms with Crippen LogP contribution in [0, 0.1) is 0 Å². The van der Waals surface area contributed by atoms with Crippen LogP contribution in [0.15, 0.2) is 47.1 Å². The highest BCUT2D eigenvalue weighted by Crippen LogP contribution is 2.22. The minimum Gasteiger partial charge on any atom is -0.467 e. The van der Waals surface area contributed by atoms with Crippen molar-refractivity contribution in [2.24, 2.45) is 0 Å². The second kappa shape index (κ2) is 6.81. The number of carbonyl (C=O) groups is 1. The van der Waals surface area contributed by atoms with Gasteiger partial charge in [0.2, 0.25) is 0 Å². The van der Waals surface area contributed by atoms with E-state index in [4.69, 9.17) is 4.42 Å². The van der Waals surface area contributed by atoms with Gasteiger partial charge in [-0.3, -0.25) is 4.79 Å². The van der Waals surface area contributed by atoms with Crippen molar-refractivity contribution in [2.75, 3.05) is 11.5 Å². The van der Waals surface area contributed by atoms with Gasteiger partial charge in [0.05, 0.1) is 24.3 Å². The highest BCUT2D eigenvalue weighted by atomic mass is 32.2. The molecule has 0 bridgehead atoms. The van der Waals surface area contributed by atoms with Crippen LogP contribution in [0.25, 0.3) is 0 Å². The molecule has 128 valence electrons. The Labute approximate surface area is 142 Å². The van der Waals surface area contributed by atoms with E-state index in [9.17, 15) is 13.2 Å². The van der Waals surface area contributed by atoms with Crippen LogP contribution in [0.2, 0.25) is 0 Å². The summed E-state index contributed by atoms with van der Waals surface area (Å²) in [5.74, 6) is 0.648. The summed E-state index contributed by atoms with van der Waals surface area (Å²) in [5, 5.41) is 0. The molecule has 0 aliphatic carbocycles. The summed E-state index contributed by atoms with van der Waals surface area (Å²) in [6.07, 6.45) is 2.94. The van der Waals surface area contributed by atoms with E-state index in [2.05, 4.69) is 6.92 Å².